The minimum atomic E-state index is 0.790. The molecule has 1 aromatic rings. The molecule has 1 heterocycles. The van der Waals surface area contributed by atoms with Crippen LogP contribution >= 0.6 is 0 Å². The fourth-order valence-electron chi connectivity index (χ4n) is 2.74. The van der Waals surface area contributed by atoms with Gasteiger partial charge in [-0.25, -0.2) is 0 Å². The van der Waals surface area contributed by atoms with Crippen molar-refractivity contribution in [1.82, 2.24) is 10.6 Å². The number of aliphatic imine (C=N–C) groups is 1. The van der Waals surface area contributed by atoms with Crippen molar-refractivity contribution in [3.05, 3.63) is 29.8 Å². The van der Waals surface area contributed by atoms with E-state index >= 15 is 0 Å². The highest BCUT2D eigenvalue weighted by molar-refractivity contribution is 5.79. The molecule has 120 valence electrons. The van der Waals surface area contributed by atoms with Gasteiger partial charge in [0.2, 0.25) is 0 Å². The lowest BCUT2D eigenvalue weighted by Gasteiger charge is -2.30. The van der Waals surface area contributed by atoms with Crippen LogP contribution in [0.4, 0.5) is 5.69 Å². The van der Waals surface area contributed by atoms with Crippen LogP contribution in [0, 0.1) is 5.92 Å². The van der Waals surface area contributed by atoms with Crippen LogP contribution in [-0.2, 0) is 11.3 Å². The number of guanidine groups is 1. The third-order valence-electron chi connectivity index (χ3n) is 4.27. The van der Waals surface area contributed by atoms with Crippen LogP contribution in [0.15, 0.2) is 29.3 Å². The number of hydrogen-bond acceptors (Lipinski definition) is 3. The van der Waals surface area contributed by atoms with Gasteiger partial charge < -0.3 is 20.3 Å². The van der Waals surface area contributed by atoms with Crippen molar-refractivity contribution in [2.75, 3.05) is 44.8 Å². The molecule has 0 unspecified atom stereocenters. The number of rotatable bonds is 5. The van der Waals surface area contributed by atoms with Gasteiger partial charge in [-0.3, -0.25) is 4.99 Å². The standard InChI is InChI=1S/C17H26N4O/c1-18-17(19-12-14-6-7-14)20-13-15-4-2-3-5-16(15)21-8-10-22-11-9-21/h2-5,14H,6-13H2,1H3,(H2,18,19,20). The minimum absolute atomic E-state index is 0.790. The normalized spacial score (nSPS) is 19.1. The van der Waals surface area contributed by atoms with Crippen LogP contribution in [0.5, 0.6) is 0 Å². The molecular formula is C17H26N4O. The van der Waals surface area contributed by atoms with Gasteiger partial charge in [0.15, 0.2) is 5.96 Å². The summed E-state index contributed by atoms with van der Waals surface area (Å²) in [6.45, 7) is 5.37. The molecule has 5 nitrogen and oxygen atoms in total. The van der Waals surface area contributed by atoms with Crippen LogP contribution in [0.3, 0.4) is 0 Å². The van der Waals surface area contributed by atoms with E-state index in [9.17, 15) is 0 Å². The molecule has 0 aromatic heterocycles. The highest BCUT2D eigenvalue weighted by Crippen LogP contribution is 2.27. The second kappa shape index (κ2) is 7.49. The number of nitrogens with zero attached hydrogens (tertiary/aromatic N) is 2. The van der Waals surface area contributed by atoms with Crippen LogP contribution in [-0.4, -0.2) is 45.9 Å². The Hall–Kier alpha value is -1.75. The van der Waals surface area contributed by atoms with Crippen molar-refractivity contribution in [2.45, 2.75) is 19.4 Å². The molecule has 1 saturated heterocycles. The van der Waals surface area contributed by atoms with E-state index in [2.05, 4.69) is 44.8 Å². The Morgan fingerprint density at radius 1 is 1.23 bits per heavy atom. The summed E-state index contributed by atoms with van der Waals surface area (Å²) in [5.41, 5.74) is 2.61. The average molecular weight is 302 g/mol. The number of anilines is 1. The highest BCUT2D eigenvalue weighted by Gasteiger charge is 2.21. The quantitative estimate of drug-likeness (QED) is 0.641. The van der Waals surface area contributed by atoms with E-state index in [4.69, 9.17) is 4.74 Å². The van der Waals surface area contributed by atoms with E-state index in [1.807, 2.05) is 7.05 Å². The van der Waals surface area contributed by atoms with Crippen molar-refractivity contribution in [2.24, 2.45) is 10.9 Å². The molecule has 1 saturated carbocycles. The molecule has 0 spiro atoms. The van der Waals surface area contributed by atoms with Crippen LogP contribution in [0.2, 0.25) is 0 Å². The minimum Gasteiger partial charge on any atom is -0.378 e. The molecule has 1 aliphatic carbocycles. The molecule has 1 aromatic carbocycles. The molecule has 2 aliphatic rings. The first kappa shape index (κ1) is 15.2. The maximum Gasteiger partial charge on any atom is 0.191 e. The molecule has 3 rings (SSSR count). The van der Waals surface area contributed by atoms with Gasteiger partial charge in [0.25, 0.3) is 0 Å². The number of para-hydroxylation sites is 1. The summed E-state index contributed by atoms with van der Waals surface area (Å²) in [4.78, 5) is 6.71. The zero-order valence-corrected chi connectivity index (χ0v) is 13.3. The summed E-state index contributed by atoms with van der Waals surface area (Å²) in [6.07, 6.45) is 2.70. The average Bonchev–Trinajstić information content (AvgIpc) is 3.40. The van der Waals surface area contributed by atoms with E-state index < -0.39 is 0 Å². The Labute approximate surface area is 132 Å². The van der Waals surface area contributed by atoms with E-state index in [-0.39, 0.29) is 0 Å². The van der Waals surface area contributed by atoms with Crippen molar-refractivity contribution in [1.29, 1.82) is 0 Å². The fourth-order valence-corrected chi connectivity index (χ4v) is 2.74. The lowest BCUT2D eigenvalue weighted by Crippen LogP contribution is -2.39. The monoisotopic (exact) mass is 302 g/mol. The highest BCUT2D eigenvalue weighted by atomic mass is 16.5. The summed E-state index contributed by atoms with van der Waals surface area (Å²) >= 11 is 0. The van der Waals surface area contributed by atoms with Gasteiger partial charge in [0, 0.05) is 38.9 Å². The lowest BCUT2D eigenvalue weighted by molar-refractivity contribution is 0.122. The number of nitrogens with one attached hydrogen (secondary N) is 2. The van der Waals surface area contributed by atoms with Crippen molar-refractivity contribution in [3.63, 3.8) is 0 Å². The SMILES string of the molecule is CN=C(NCc1ccccc1N1CCOCC1)NCC1CC1. The van der Waals surface area contributed by atoms with E-state index in [1.165, 1.54) is 24.1 Å². The lowest BCUT2D eigenvalue weighted by atomic mass is 10.1. The fraction of sp³-hybridized carbons (Fsp3) is 0.588. The molecule has 0 radical (unpaired) electrons. The number of benzene rings is 1. The molecule has 1 aliphatic heterocycles. The Kier molecular flexibility index (Phi) is 5.16. The Morgan fingerprint density at radius 2 is 2.00 bits per heavy atom. The first-order valence-electron chi connectivity index (χ1n) is 8.22. The van der Waals surface area contributed by atoms with Gasteiger partial charge >= 0.3 is 0 Å². The summed E-state index contributed by atoms with van der Waals surface area (Å²) in [5, 5.41) is 6.84. The number of morpholine rings is 1. The molecule has 5 heteroatoms. The van der Waals surface area contributed by atoms with Crippen molar-refractivity contribution >= 4 is 11.6 Å². The van der Waals surface area contributed by atoms with Gasteiger partial charge in [-0.1, -0.05) is 18.2 Å². The maximum atomic E-state index is 5.45. The summed E-state index contributed by atoms with van der Waals surface area (Å²) in [6, 6.07) is 8.59. The second-order valence-electron chi connectivity index (χ2n) is 5.98. The molecule has 0 bridgehead atoms. The summed E-state index contributed by atoms with van der Waals surface area (Å²) in [5.74, 6) is 1.74. The first-order valence-corrected chi connectivity index (χ1v) is 8.22. The maximum absolute atomic E-state index is 5.45. The number of hydrogen-bond donors (Lipinski definition) is 2. The van der Waals surface area contributed by atoms with E-state index in [0.717, 1.165) is 51.3 Å². The van der Waals surface area contributed by atoms with Gasteiger partial charge in [-0.2, -0.15) is 0 Å². The molecule has 22 heavy (non-hydrogen) atoms. The molecule has 2 fully saturated rings. The van der Waals surface area contributed by atoms with Crippen LogP contribution in [0.1, 0.15) is 18.4 Å². The zero-order valence-electron chi connectivity index (χ0n) is 13.3. The molecule has 0 amide bonds. The van der Waals surface area contributed by atoms with Crippen LogP contribution < -0.4 is 15.5 Å². The van der Waals surface area contributed by atoms with Gasteiger partial charge in [-0.05, 0) is 30.4 Å². The smallest absolute Gasteiger partial charge is 0.191 e. The molecule has 2 N–H and O–H groups in total. The second-order valence-corrected chi connectivity index (χ2v) is 5.98. The van der Waals surface area contributed by atoms with E-state index in [0.29, 0.717) is 0 Å². The predicted octanol–water partition coefficient (Wildman–Crippen LogP) is 1.60. The largest absolute Gasteiger partial charge is 0.378 e. The third kappa shape index (κ3) is 4.13. The molecule has 0 atom stereocenters. The van der Waals surface area contributed by atoms with E-state index in [1.54, 1.807) is 0 Å². The van der Waals surface area contributed by atoms with Crippen LogP contribution in [0.25, 0.3) is 0 Å². The first-order chi connectivity index (χ1) is 10.9. The summed E-state index contributed by atoms with van der Waals surface area (Å²) < 4.78 is 5.45. The van der Waals surface area contributed by atoms with Crippen molar-refractivity contribution < 1.29 is 4.74 Å². The topological polar surface area (TPSA) is 48.9 Å². The number of ether oxygens (including phenoxy) is 1. The Bertz CT molecular complexity index is 507. The Balaban J connectivity index is 1.58. The zero-order chi connectivity index (χ0) is 15.2. The Morgan fingerprint density at radius 3 is 2.73 bits per heavy atom. The van der Waals surface area contributed by atoms with Gasteiger partial charge in [-0.15, -0.1) is 0 Å². The molecular weight excluding hydrogens is 276 g/mol. The van der Waals surface area contributed by atoms with Gasteiger partial charge in [0.1, 0.15) is 0 Å². The third-order valence-corrected chi connectivity index (χ3v) is 4.27. The van der Waals surface area contributed by atoms with Gasteiger partial charge in [0.05, 0.1) is 13.2 Å². The predicted molar refractivity (Wildman–Crippen MR) is 90.4 cm³/mol. The summed E-state index contributed by atoms with van der Waals surface area (Å²) in [7, 11) is 1.83. The van der Waals surface area contributed by atoms with Crippen molar-refractivity contribution in [3.8, 4) is 0 Å².